The fraction of sp³-hybridized carbons (Fsp3) is 0.412. The lowest BCUT2D eigenvalue weighted by molar-refractivity contribution is -0.155. The highest BCUT2D eigenvalue weighted by atomic mass is 19.2. The number of ether oxygens (including phenoxy) is 2. The van der Waals surface area contributed by atoms with E-state index >= 15 is 4.39 Å². The minimum Gasteiger partial charge on any atom is -0.477 e. The molecule has 1 aliphatic carbocycles. The normalized spacial score (nSPS) is 13.5. The standard InChI is InChI=1S/C34H36F2N2O7/c1-5-26-28(32(41)42)31(40)24-18-25(35)29(36)23(30(24)38(26)22-15-16-22)13-9-12-21(14-17-27(39)45-34(2,3)4)37-33(43)44-19-20-10-7-6-8-11-20/h6-8,10-11,18,21-22H,5,12,14-17,19H2,1-4H3,(H,37,43)(H,41,42)/t21-/m1/s1. The first-order chi connectivity index (χ1) is 21.3. The first-order valence-corrected chi connectivity index (χ1v) is 14.8. The molecule has 3 aromatic rings. The van der Waals surface area contributed by atoms with Crippen LogP contribution in [-0.2, 0) is 27.3 Å². The molecule has 1 aliphatic rings. The molecular weight excluding hydrogens is 586 g/mol. The average molecular weight is 623 g/mol. The van der Waals surface area contributed by atoms with Gasteiger partial charge in [-0.05, 0) is 58.1 Å². The predicted octanol–water partition coefficient (Wildman–Crippen LogP) is 6.03. The van der Waals surface area contributed by atoms with Crippen molar-refractivity contribution in [2.75, 3.05) is 0 Å². The van der Waals surface area contributed by atoms with Gasteiger partial charge in [0, 0.05) is 30.6 Å². The second kappa shape index (κ2) is 13.9. The number of halogens is 2. The van der Waals surface area contributed by atoms with Gasteiger partial charge in [0.25, 0.3) is 0 Å². The van der Waals surface area contributed by atoms with Crippen LogP contribution in [-0.4, -0.2) is 39.3 Å². The van der Waals surface area contributed by atoms with Gasteiger partial charge < -0.3 is 24.5 Å². The topological polar surface area (TPSA) is 124 Å². The number of nitrogens with one attached hydrogen (secondary N) is 1. The van der Waals surface area contributed by atoms with Crippen molar-refractivity contribution >= 4 is 28.9 Å². The van der Waals surface area contributed by atoms with Gasteiger partial charge in [-0.25, -0.2) is 18.4 Å². The summed E-state index contributed by atoms with van der Waals surface area (Å²) in [6.07, 6.45) is 0.756. The van der Waals surface area contributed by atoms with Gasteiger partial charge in [0.1, 0.15) is 17.8 Å². The summed E-state index contributed by atoms with van der Waals surface area (Å²) >= 11 is 0. The number of nitrogens with zero attached hydrogens (tertiary/aromatic N) is 1. The maximum atomic E-state index is 15.4. The third kappa shape index (κ3) is 8.26. The van der Waals surface area contributed by atoms with Gasteiger partial charge in [-0.3, -0.25) is 9.59 Å². The van der Waals surface area contributed by atoms with Crippen molar-refractivity contribution in [1.82, 2.24) is 9.88 Å². The number of carbonyl (C=O) groups is 3. The number of fused-ring (bicyclic) bond motifs is 1. The van der Waals surface area contributed by atoms with Crippen LogP contribution in [0, 0.1) is 23.5 Å². The number of carbonyl (C=O) groups excluding carboxylic acids is 2. The van der Waals surface area contributed by atoms with Crippen molar-refractivity contribution in [3.63, 3.8) is 0 Å². The van der Waals surface area contributed by atoms with E-state index in [1.54, 1.807) is 56.5 Å². The van der Waals surface area contributed by atoms with E-state index in [2.05, 4.69) is 17.2 Å². The van der Waals surface area contributed by atoms with Crippen molar-refractivity contribution in [2.24, 2.45) is 0 Å². The van der Waals surface area contributed by atoms with Crippen LogP contribution in [0.15, 0.2) is 41.2 Å². The molecule has 0 spiro atoms. The van der Waals surface area contributed by atoms with Crippen molar-refractivity contribution < 1.29 is 37.7 Å². The molecule has 11 heteroatoms. The summed E-state index contributed by atoms with van der Waals surface area (Å²) in [4.78, 5) is 50.3. The van der Waals surface area contributed by atoms with Gasteiger partial charge in [-0.2, -0.15) is 0 Å². The third-order valence-corrected chi connectivity index (χ3v) is 7.16. The molecule has 0 unspecified atom stereocenters. The Hall–Kier alpha value is -4.72. The molecule has 1 fully saturated rings. The van der Waals surface area contributed by atoms with E-state index in [0.29, 0.717) is 12.8 Å². The number of rotatable bonds is 10. The van der Waals surface area contributed by atoms with Gasteiger partial charge in [0.2, 0.25) is 5.43 Å². The number of hydrogen-bond acceptors (Lipinski definition) is 6. The molecule has 1 heterocycles. The van der Waals surface area contributed by atoms with Crippen LogP contribution < -0.4 is 10.7 Å². The molecule has 1 aromatic heterocycles. The summed E-state index contributed by atoms with van der Waals surface area (Å²) in [5.41, 5.74) is -1.44. The Morgan fingerprint density at radius 1 is 1.16 bits per heavy atom. The molecule has 0 saturated heterocycles. The van der Waals surface area contributed by atoms with E-state index < -0.39 is 52.3 Å². The molecule has 0 bridgehead atoms. The highest BCUT2D eigenvalue weighted by Gasteiger charge is 2.33. The van der Waals surface area contributed by atoms with E-state index in [1.165, 1.54) is 0 Å². The lowest BCUT2D eigenvalue weighted by Gasteiger charge is -2.21. The van der Waals surface area contributed by atoms with E-state index in [-0.39, 0.29) is 60.5 Å². The number of pyridine rings is 1. The van der Waals surface area contributed by atoms with E-state index in [1.807, 2.05) is 6.07 Å². The Balaban J connectivity index is 1.68. The number of alkyl carbamates (subject to hydrolysis) is 1. The number of aromatic carboxylic acids is 1. The van der Waals surface area contributed by atoms with Crippen LogP contribution in [0.1, 0.15) is 93.0 Å². The average Bonchev–Trinajstić information content (AvgIpc) is 3.81. The molecule has 238 valence electrons. The van der Waals surface area contributed by atoms with E-state index in [9.17, 15) is 28.7 Å². The number of aromatic nitrogens is 1. The largest absolute Gasteiger partial charge is 0.477 e. The minimum atomic E-state index is -1.44. The number of esters is 1. The fourth-order valence-corrected chi connectivity index (χ4v) is 5.08. The Morgan fingerprint density at radius 3 is 2.44 bits per heavy atom. The zero-order valence-electron chi connectivity index (χ0n) is 25.7. The van der Waals surface area contributed by atoms with Crippen molar-refractivity contribution in [3.05, 3.63) is 80.6 Å². The maximum absolute atomic E-state index is 15.4. The quantitative estimate of drug-likeness (QED) is 0.209. The molecular formula is C34H36F2N2O7. The van der Waals surface area contributed by atoms with Crippen molar-refractivity contribution in [2.45, 2.75) is 90.5 Å². The van der Waals surface area contributed by atoms with Crippen molar-refractivity contribution in [1.29, 1.82) is 0 Å². The monoisotopic (exact) mass is 622 g/mol. The lowest BCUT2D eigenvalue weighted by atomic mass is 10.0. The molecule has 9 nitrogen and oxygen atoms in total. The number of carboxylic acids is 1. The zero-order chi connectivity index (χ0) is 32.9. The lowest BCUT2D eigenvalue weighted by Crippen LogP contribution is -2.36. The van der Waals surface area contributed by atoms with E-state index in [0.717, 1.165) is 11.6 Å². The Bertz CT molecular complexity index is 1730. The maximum Gasteiger partial charge on any atom is 0.407 e. The van der Waals surface area contributed by atoms with Gasteiger partial charge >= 0.3 is 18.0 Å². The van der Waals surface area contributed by atoms with Gasteiger partial charge in [-0.1, -0.05) is 49.1 Å². The van der Waals surface area contributed by atoms with Crippen LogP contribution in [0.2, 0.25) is 0 Å². The molecule has 2 N–H and O–H groups in total. The third-order valence-electron chi connectivity index (χ3n) is 7.16. The summed E-state index contributed by atoms with van der Waals surface area (Å²) in [6, 6.07) is 8.83. The first-order valence-electron chi connectivity index (χ1n) is 14.8. The number of carboxylic acid groups (broad SMARTS) is 1. The molecule has 1 atom stereocenters. The van der Waals surface area contributed by atoms with E-state index in [4.69, 9.17) is 9.47 Å². The van der Waals surface area contributed by atoms with Gasteiger partial charge in [-0.15, -0.1) is 0 Å². The summed E-state index contributed by atoms with van der Waals surface area (Å²) in [5.74, 6) is 0.901. The van der Waals surface area contributed by atoms with Crippen LogP contribution in [0.25, 0.3) is 10.9 Å². The second-order valence-corrected chi connectivity index (χ2v) is 11.9. The highest BCUT2D eigenvalue weighted by molar-refractivity contribution is 5.96. The predicted molar refractivity (Wildman–Crippen MR) is 163 cm³/mol. The number of amides is 1. The summed E-state index contributed by atoms with van der Waals surface area (Å²) in [6.45, 7) is 6.89. The molecule has 2 aromatic carbocycles. The molecule has 45 heavy (non-hydrogen) atoms. The second-order valence-electron chi connectivity index (χ2n) is 11.9. The Kier molecular flexibility index (Phi) is 10.3. The first kappa shape index (κ1) is 33.2. The Labute approximate surface area is 259 Å². The molecule has 1 saturated carbocycles. The molecule has 1 amide bonds. The minimum absolute atomic E-state index is 0.00835. The van der Waals surface area contributed by atoms with Crippen LogP contribution in [0.4, 0.5) is 13.6 Å². The fourth-order valence-electron chi connectivity index (χ4n) is 5.08. The van der Waals surface area contributed by atoms with Crippen molar-refractivity contribution in [3.8, 4) is 11.8 Å². The van der Waals surface area contributed by atoms with Crippen LogP contribution in [0.3, 0.4) is 0 Å². The zero-order valence-corrected chi connectivity index (χ0v) is 25.7. The summed E-state index contributed by atoms with van der Waals surface area (Å²) < 4.78 is 42.5. The summed E-state index contributed by atoms with van der Waals surface area (Å²) in [5, 5.41) is 12.2. The highest BCUT2D eigenvalue weighted by Crippen LogP contribution is 2.40. The SMILES string of the molecule is CCc1c(C(=O)O)c(=O)c2cc(F)c(F)c(C#CC[C@H](CCC(=O)OC(C)(C)C)NC(=O)OCc3ccccc3)c2n1C1CC1. The number of benzene rings is 2. The van der Waals surface area contributed by atoms with Gasteiger partial charge in [0.15, 0.2) is 11.6 Å². The smallest absolute Gasteiger partial charge is 0.407 e. The molecule has 0 aliphatic heterocycles. The summed E-state index contributed by atoms with van der Waals surface area (Å²) in [7, 11) is 0. The molecule has 4 rings (SSSR count). The van der Waals surface area contributed by atoms with Crippen LogP contribution in [0.5, 0.6) is 0 Å². The van der Waals surface area contributed by atoms with Crippen LogP contribution >= 0.6 is 0 Å². The molecule has 0 radical (unpaired) electrons. The van der Waals surface area contributed by atoms with Gasteiger partial charge in [0.05, 0.1) is 16.5 Å². The number of hydrogen-bond donors (Lipinski definition) is 2. The Morgan fingerprint density at radius 2 is 1.84 bits per heavy atom.